The molecular weight excluding hydrogens is 327 g/mol. The summed E-state index contributed by atoms with van der Waals surface area (Å²) in [6.45, 7) is 2.60. The van der Waals surface area contributed by atoms with E-state index in [1.807, 2.05) is 15.9 Å². The van der Waals surface area contributed by atoms with Crippen molar-refractivity contribution in [3.8, 4) is 0 Å². The number of rotatable bonds is 5. The molecule has 0 saturated carbocycles. The van der Waals surface area contributed by atoms with Crippen LogP contribution in [-0.2, 0) is 11.3 Å². The van der Waals surface area contributed by atoms with Crippen LogP contribution in [0.25, 0.3) is 0 Å². The zero-order valence-electron chi connectivity index (χ0n) is 13.9. The van der Waals surface area contributed by atoms with Crippen molar-refractivity contribution in [1.29, 1.82) is 0 Å². The molecule has 3 rings (SSSR count). The van der Waals surface area contributed by atoms with Crippen LogP contribution in [0.2, 0.25) is 0 Å². The van der Waals surface area contributed by atoms with E-state index in [0.717, 1.165) is 0 Å². The highest BCUT2D eigenvalue weighted by Crippen LogP contribution is 2.22. The maximum Gasteiger partial charge on any atom is 0.339 e. The lowest BCUT2D eigenvalue weighted by Gasteiger charge is -2.36. The Hall–Kier alpha value is -2.74. The number of carboxylic acid groups (broad SMARTS) is 1. The number of piperazine rings is 1. The van der Waals surface area contributed by atoms with Gasteiger partial charge in [-0.25, -0.2) is 19.2 Å². The topological polar surface area (TPSA) is 78.8 Å². The molecule has 0 radical (unpaired) electrons. The number of carbonyl (C=O) groups is 1. The highest BCUT2D eigenvalue weighted by molar-refractivity contribution is 5.88. The fraction of sp³-hybridized carbons (Fsp3) is 0.353. The lowest BCUT2D eigenvalue weighted by Crippen LogP contribution is -2.47. The Kier molecular flexibility index (Phi) is 5.08. The number of methoxy groups -OCH3 is 1. The molecular formula is C17H19FN4O3. The summed E-state index contributed by atoms with van der Waals surface area (Å²) in [5.74, 6) is -0.853. The third kappa shape index (κ3) is 3.69. The average molecular weight is 346 g/mol. The first-order valence-electron chi connectivity index (χ1n) is 7.92. The number of carboxylic acids is 1. The molecule has 7 nitrogen and oxygen atoms in total. The quantitative estimate of drug-likeness (QED) is 0.884. The molecule has 2 aromatic rings. The second-order valence-electron chi connectivity index (χ2n) is 5.69. The molecule has 2 heterocycles. The normalized spacial score (nSPS) is 14.6. The van der Waals surface area contributed by atoms with Gasteiger partial charge >= 0.3 is 5.97 Å². The van der Waals surface area contributed by atoms with Crippen molar-refractivity contribution in [2.75, 3.05) is 43.1 Å². The smallest absolute Gasteiger partial charge is 0.339 e. The van der Waals surface area contributed by atoms with Gasteiger partial charge in [-0.2, -0.15) is 0 Å². The van der Waals surface area contributed by atoms with Crippen LogP contribution in [0.5, 0.6) is 0 Å². The molecule has 1 aromatic carbocycles. The van der Waals surface area contributed by atoms with Crippen molar-refractivity contribution >= 4 is 17.6 Å². The molecule has 1 saturated heterocycles. The van der Waals surface area contributed by atoms with Crippen LogP contribution in [-0.4, -0.2) is 54.3 Å². The minimum atomic E-state index is -1.08. The molecule has 0 atom stereocenters. The van der Waals surface area contributed by atoms with Crippen LogP contribution in [0.15, 0.2) is 30.5 Å². The first kappa shape index (κ1) is 17.1. The van der Waals surface area contributed by atoms with Crippen molar-refractivity contribution < 1.29 is 19.0 Å². The van der Waals surface area contributed by atoms with E-state index in [-0.39, 0.29) is 18.0 Å². The molecule has 0 unspecified atom stereocenters. The maximum atomic E-state index is 13.9. The van der Waals surface area contributed by atoms with Crippen molar-refractivity contribution in [2.45, 2.75) is 6.61 Å². The van der Waals surface area contributed by atoms with E-state index in [9.17, 15) is 14.3 Å². The number of hydrogen-bond acceptors (Lipinski definition) is 6. The molecule has 0 spiro atoms. The maximum absolute atomic E-state index is 13.9. The van der Waals surface area contributed by atoms with E-state index in [1.54, 1.807) is 12.1 Å². The van der Waals surface area contributed by atoms with Crippen molar-refractivity contribution in [3.63, 3.8) is 0 Å². The highest BCUT2D eigenvalue weighted by atomic mass is 19.1. The predicted octanol–water partition coefficient (Wildman–Crippen LogP) is 1.79. The minimum absolute atomic E-state index is 0.0376. The highest BCUT2D eigenvalue weighted by Gasteiger charge is 2.22. The van der Waals surface area contributed by atoms with Crippen molar-refractivity contribution in [1.82, 2.24) is 9.97 Å². The van der Waals surface area contributed by atoms with Gasteiger partial charge in [-0.15, -0.1) is 0 Å². The zero-order valence-corrected chi connectivity index (χ0v) is 13.9. The molecule has 1 aromatic heterocycles. The Morgan fingerprint density at radius 2 is 1.92 bits per heavy atom. The molecule has 0 amide bonds. The van der Waals surface area contributed by atoms with Crippen LogP contribution in [0.1, 0.15) is 16.1 Å². The van der Waals surface area contributed by atoms with E-state index in [4.69, 9.17) is 4.74 Å². The lowest BCUT2D eigenvalue weighted by molar-refractivity contribution is 0.0690. The van der Waals surface area contributed by atoms with Crippen molar-refractivity contribution in [2.24, 2.45) is 0 Å². The molecule has 1 fully saturated rings. The van der Waals surface area contributed by atoms with Crippen LogP contribution < -0.4 is 9.80 Å². The molecule has 132 valence electrons. The number of para-hydroxylation sites is 1. The van der Waals surface area contributed by atoms with E-state index >= 15 is 0 Å². The lowest BCUT2D eigenvalue weighted by atomic mass is 10.2. The molecule has 1 aliphatic heterocycles. The number of nitrogens with zero attached hydrogens (tertiary/aromatic N) is 4. The number of hydrogen-bond donors (Lipinski definition) is 1. The van der Waals surface area contributed by atoms with Gasteiger partial charge in [0.1, 0.15) is 11.4 Å². The van der Waals surface area contributed by atoms with E-state index in [0.29, 0.717) is 43.5 Å². The third-order valence-electron chi connectivity index (χ3n) is 4.12. The van der Waals surface area contributed by atoms with Crippen LogP contribution in [0.3, 0.4) is 0 Å². The number of anilines is 2. The molecule has 0 bridgehead atoms. The number of benzene rings is 1. The number of ether oxygens (including phenoxy) is 1. The molecule has 25 heavy (non-hydrogen) atoms. The summed E-state index contributed by atoms with van der Waals surface area (Å²) >= 11 is 0. The Morgan fingerprint density at radius 1 is 1.24 bits per heavy atom. The minimum Gasteiger partial charge on any atom is -0.478 e. The standard InChI is InChI=1S/C17H19FN4O3/c1-25-11-14-12(16(23)24)10-19-17(20-14)22-8-6-21(7-9-22)15-5-3-2-4-13(15)18/h2-5,10H,6-9,11H2,1H3,(H,23,24). The summed E-state index contributed by atoms with van der Waals surface area (Å²) in [7, 11) is 1.49. The number of aromatic nitrogens is 2. The zero-order chi connectivity index (χ0) is 17.8. The SMILES string of the molecule is COCc1nc(N2CCN(c3ccccc3F)CC2)ncc1C(=O)O. The second kappa shape index (κ2) is 7.43. The van der Waals surface area contributed by atoms with Crippen LogP contribution in [0, 0.1) is 5.82 Å². The predicted molar refractivity (Wildman–Crippen MR) is 90.5 cm³/mol. The average Bonchev–Trinajstić information content (AvgIpc) is 2.62. The monoisotopic (exact) mass is 346 g/mol. The molecule has 0 aliphatic carbocycles. The summed E-state index contributed by atoms with van der Waals surface area (Å²) < 4.78 is 18.9. The molecule has 8 heteroatoms. The van der Waals surface area contributed by atoms with Gasteiger partial charge in [0.2, 0.25) is 5.95 Å². The summed E-state index contributed by atoms with van der Waals surface area (Å²) in [5.41, 5.74) is 0.969. The van der Waals surface area contributed by atoms with Crippen LogP contribution in [0.4, 0.5) is 16.0 Å². The van der Waals surface area contributed by atoms with E-state index in [2.05, 4.69) is 9.97 Å². The summed E-state index contributed by atoms with van der Waals surface area (Å²) in [4.78, 5) is 23.7. The summed E-state index contributed by atoms with van der Waals surface area (Å²) in [5, 5.41) is 9.19. The second-order valence-corrected chi connectivity index (χ2v) is 5.69. The summed E-state index contributed by atoms with van der Waals surface area (Å²) in [6.07, 6.45) is 1.31. The molecule has 1 N–H and O–H groups in total. The summed E-state index contributed by atoms with van der Waals surface area (Å²) in [6, 6.07) is 6.70. The van der Waals surface area contributed by atoms with Gasteiger partial charge in [-0.3, -0.25) is 0 Å². The Balaban J connectivity index is 1.73. The third-order valence-corrected chi connectivity index (χ3v) is 4.12. The fourth-order valence-electron chi connectivity index (χ4n) is 2.84. The van der Waals surface area contributed by atoms with Gasteiger partial charge in [0.05, 0.1) is 18.0 Å². The van der Waals surface area contributed by atoms with Gasteiger partial charge in [0, 0.05) is 39.5 Å². The van der Waals surface area contributed by atoms with Gasteiger partial charge in [0.15, 0.2) is 0 Å². The van der Waals surface area contributed by atoms with Crippen LogP contribution >= 0.6 is 0 Å². The van der Waals surface area contributed by atoms with E-state index in [1.165, 1.54) is 19.4 Å². The van der Waals surface area contributed by atoms with E-state index < -0.39 is 5.97 Å². The Labute approximate surface area is 144 Å². The molecule has 1 aliphatic rings. The first-order chi connectivity index (χ1) is 12.1. The Bertz CT molecular complexity index is 763. The van der Waals surface area contributed by atoms with Gasteiger partial charge in [-0.1, -0.05) is 12.1 Å². The number of aromatic carboxylic acids is 1. The van der Waals surface area contributed by atoms with Gasteiger partial charge in [-0.05, 0) is 12.1 Å². The van der Waals surface area contributed by atoms with Gasteiger partial charge < -0.3 is 19.6 Å². The Morgan fingerprint density at radius 3 is 2.56 bits per heavy atom. The largest absolute Gasteiger partial charge is 0.478 e. The van der Waals surface area contributed by atoms with Gasteiger partial charge in [0.25, 0.3) is 0 Å². The van der Waals surface area contributed by atoms with Crippen molar-refractivity contribution in [3.05, 3.63) is 47.5 Å². The first-order valence-corrected chi connectivity index (χ1v) is 7.92. The fourth-order valence-corrected chi connectivity index (χ4v) is 2.84. The number of halogens is 1.